The first-order valence-corrected chi connectivity index (χ1v) is 11.7. The van der Waals surface area contributed by atoms with Crippen molar-refractivity contribution in [2.24, 2.45) is 0 Å². The molecule has 30 heavy (non-hydrogen) atoms. The van der Waals surface area contributed by atoms with Gasteiger partial charge in [0.25, 0.3) is 0 Å². The lowest BCUT2D eigenvalue weighted by atomic mass is 10.2. The van der Waals surface area contributed by atoms with Gasteiger partial charge in [-0.1, -0.05) is 46.4 Å². The lowest BCUT2D eigenvalue weighted by molar-refractivity contribution is -0.114. The van der Waals surface area contributed by atoms with E-state index in [1.54, 1.807) is 6.92 Å². The maximum atomic E-state index is 12.5. The predicted molar refractivity (Wildman–Crippen MR) is 120 cm³/mol. The highest BCUT2D eigenvalue weighted by molar-refractivity contribution is 7.92. The average molecular weight is 514 g/mol. The van der Waals surface area contributed by atoms with Gasteiger partial charge in [-0.15, -0.1) is 0 Å². The zero-order valence-electron chi connectivity index (χ0n) is 15.7. The molecule has 1 N–H and O–H groups in total. The zero-order chi connectivity index (χ0) is 22.6. The summed E-state index contributed by atoms with van der Waals surface area (Å²) >= 11 is 23.9. The van der Waals surface area contributed by atoms with Crippen LogP contribution in [0.4, 0.5) is 11.4 Å². The molecule has 7 nitrogen and oxygen atoms in total. The molecule has 0 bridgehead atoms. The molecule has 0 fully saturated rings. The van der Waals surface area contributed by atoms with Crippen molar-refractivity contribution in [2.45, 2.75) is 6.92 Å². The van der Waals surface area contributed by atoms with E-state index in [4.69, 9.17) is 51.1 Å². The van der Waals surface area contributed by atoms with Gasteiger partial charge in [0.05, 0.1) is 44.2 Å². The monoisotopic (exact) mass is 512 g/mol. The summed E-state index contributed by atoms with van der Waals surface area (Å²) in [5, 5.41) is 2.86. The van der Waals surface area contributed by atoms with E-state index in [0.29, 0.717) is 0 Å². The SMILES string of the molecule is CCOC(=O)c1cc(NC(=O)CN(c2cc(Cl)c(Cl)cc2Cl)S(C)(=O)=O)ccc1Cl. The van der Waals surface area contributed by atoms with Gasteiger partial charge in [-0.25, -0.2) is 13.2 Å². The van der Waals surface area contributed by atoms with Gasteiger partial charge in [-0.05, 0) is 37.3 Å². The Balaban J connectivity index is 2.29. The van der Waals surface area contributed by atoms with Crippen molar-refractivity contribution in [1.29, 1.82) is 0 Å². The van der Waals surface area contributed by atoms with E-state index in [2.05, 4.69) is 5.32 Å². The molecule has 1 amide bonds. The minimum absolute atomic E-state index is 0.00119. The Kier molecular flexibility index (Phi) is 8.24. The summed E-state index contributed by atoms with van der Waals surface area (Å²) in [4.78, 5) is 24.5. The van der Waals surface area contributed by atoms with Crippen LogP contribution in [0.1, 0.15) is 17.3 Å². The van der Waals surface area contributed by atoms with Crippen molar-refractivity contribution in [3.05, 3.63) is 56.0 Å². The Hall–Kier alpha value is -1.71. The van der Waals surface area contributed by atoms with E-state index in [1.807, 2.05) is 0 Å². The van der Waals surface area contributed by atoms with Gasteiger partial charge in [-0.3, -0.25) is 9.10 Å². The first-order valence-electron chi connectivity index (χ1n) is 8.32. The van der Waals surface area contributed by atoms with Gasteiger partial charge in [0, 0.05) is 5.69 Å². The number of ether oxygens (including phenoxy) is 1. The van der Waals surface area contributed by atoms with E-state index in [-0.39, 0.29) is 43.6 Å². The van der Waals surface area contributed by atoms with Gasteiger partial charge in [0.15, 0.2) is 0 Å². The quantitative estimate of drug-likeness (QED) is 0.420. The van der Waals surface area contributed by atoms with Crippen LogP contribution in [0, 0.1) is 0 Å². The van der Waals surface area contributed by atoms with Crippen LogP contribution in [0.5, 0.6) is 0 Å². The third kappa shape index (κ3) is 6.15. The van der Waals surface area contributed by atoms with Crippen LogP contribution in [0.2, 0.25) is 20.1 Å². The van der Waals surface area contributed by atoms with Crippen molar-refractivity contribution in [3.8, 4) is 0 Å². The lowest BCUT2D eigenvalue weighted by Gasteiger charge is -2.23. The molecule has 12 heteroatoms. The van der Waals surface area contributed by atoms with E-state index in [0.717, 1.165) is 10.6 Å². The number of rotatable bonds is 7. The summed E-state index contributed by atoms with van der Waals surface area (Å²) < 4.78 is 30.2. The van der Waals surface area contributed by atoms with E-state index in [1.165, 1.54) is 30.3 Å². The third-order valence-corrected chi connectivity index (χ3v) is 6.17. The normalized spacial score (nSPS) is 11.1. The number of nitrogens with zero attached hydrogens (tertiary/aromatic N) is 1. The van der Waals surface area contributed by atoms with Crippen LogP contribution in [0.25, 0.3) is 0 Å². The highest BCUT2D eigenvalue weighted by Gasteiger charge is 2.24. The standard InChI is InChI=1S/C18H16Cl4N2O5S/c1-3-29-18(26)11-6-10(4-5-12(11)19)23-17(25)9-24(30(2,27)28)16-8-14(21)13(20)7-15(16)22/h4-8H,3,9H2,1-2H3,(H,23,25). The fraction of sp³-hybridized carbons (Fsp3) is 0.222. The molecule has 0 heterocycles. The number of carbonyl (C=O) groups is 2. The minimum Gasteiger partial charge on any atom is -0.462 e. The number of halogens is 4. The zero-order valence-corrected chi connectivity index (χ0v) is 19.5. The maximum Gasteiger partial charge on any atom is 0.339 e. The molecule has 0 saturated heterocycles. The molecule has 0 atom stereocenters. The molecule has 0 unspecified atom stereocenters. The first kappa shape index (κ1) is 24.6. The summed E-state index contributed by atoms with van der Waals surface area (Å²) in [6.07, 6.45) is 0.917. The van der Waals surface area contributed by atoms with Crippen LogP contribution >= 0.6 is 46.4 Å². The van der Waals surface area contributed by atoms with Gasteiger partial charge >= 0.3 is 5.97 Å². The molecule has 0 radical (unpaired) electrons. The van der Waals surface area contributed by atoms with Crippen molar-refractivity contribution in [1.82, 2.24) is 0 Å². The number of hydrogen-bond acceptors (Lipinski definition) is 5. The van der Waals surface area contributed by atoms with Gasteiger partial charge in [0.1, 0.15) is 6.54 Å². The lowest BCUT2D eigenvalue weighted by Crippen LogP contribution is -2.37. The van der Waals surface area contributed by atoms with Crippen LogP contribution in [-0.2, 0) is 19.6 Å². The number of benzene rings is 2. The molecule has 0 saturated carbocycles. The predicted octanol–water partition coefficient (Wildman–Crippen LogP) is 4.88. The number of amides is 1. The third-order valence-electron chi connectivity index (χ3n) is 3.69. The molecule has 0 aliphatic rings. The molecular weight excluding hydrogens is 498 g/mol. The Labute approximate surface area is 193 Å². The number of anilines is 2. The topological polar surface area (TPSA) is 92.8 Å². The molecule has 0 aliphatic carbocycles. The molecular formula is C18H16Cl4N2O5S. The smallest absolute Gasteiger partial charge is 0.339 e. The van der Waals surface area contributed by atoms with Crippen molar-refractivity contribution in [2.75, 3.05) is 29.0 Å². The number of carbonyl (C=O) groups excluding carboxylic acids is 2. The van der Waals surface area contributed by atoms with E-state index < -0.39 is 28.4 Å². The number of nitrogens with one attached hydrogen (secondary N) is 1. The van der Waals surface area contributed by atoms with Gasteiger partial charge in [0.2, 0.25) is 15.9 Å². The highest BCUT2D eigenvalue weighted by atomic mass is 35.5. The Morgan fingerprint density at radius 2 is 1.63 bits per heavy atom. The molecule has 0 aliphatic heterocycles. The molecule has 0 spiro atoms. The summed E-state index contributed by atoms with van der Waals surface area (Å²) in [6, 6.07) is 6.73. The van der Waals surface area contributed by atoms with E-state index >= 15 is 0 Å². The van der Waals surface area contributed by atoms with Gasteiger partial charge < -0.3 is 10.1 Å². The Bertz CT molecular complexity index is 1090. The summed E-state index contributed by atoms with van der Waals surface area (Å²) in [7, 11) is -3.90. The number of esters is 1. The summed E-state index contributed by atoms with van der Waals surface area (Å²) in [6.45, 7) is 1.19. The summed E-state index contributed by atoms with van der Waals surface area (Å²) in [5.41, 5.74) is 0.275. The minimum atomic E-state index is -3.90. The molecule has 2 rings (SSSR count). The Morgan fingerprint density at radius 1 is 1.00 bits per heavy atom. The van der Waals surface area contributed by atoms with Gasteiger partial charge in [-0.2, -0.15) is 0 Å². The molecule has 2 aromatic rings. The van der Waals surface area contributed by atoms with Crippen LogP contribution in [0.15, 0.2) is 30.3 Å². The van der Waals surface area contributed by atoms with Crippen molar-refractivity contribution in [3.63, 3.8) is 0 Å². The van der Waals surface area contributed by atoms with E-state index in [9.17, 15) is 18.0 Å². The second-order valence-corrected chi connectivity index (χ2v) is 9.49. The fourth-order valence-electron chi connectivity index (χ4n) is 2.38. The maximum absolute atomic E-state index is 12.5. The number of sulfonamides is 1. The molecule has 2 aromatic carbocycles. The van der Waals surface area contributed by atoms with Crippen molar-refractivity contribution >= 4 is 79.7 Å². The number of hydrogen-bond donors (Lipinski definition) is 1. The van der Waals surface area contributed by atoms with Crippen LogP contribution in [0.3, 0.4) is 0 Å². The second kappa shape index (κ2) is 10.1. The summed E-state index contributed by atoms with van der Waals surface area (Å²) in [5.74, 6) is -1.35. The molecule has 0 aromatic heterocycles. The highest BCUT2D eigenvalue weighted by Crippen LogP contribution is 2.35. The first-order chi connectivity index (χ1) is 13.9. The molecule has 162 valence electrons. The van der Waals surface area contributed by atoms with Crippen LogP contribution in [-0.4, -0.2) is 39.7 Å². The van der Waals surface area contributed by atoms with Crippen molar-refractivity contribution < 1.29 is 22.7 Å². The average Bonchev–Trinajstić information content (AvgIpc) is 2.64. The fourth-order valence-corrected chi connectivity index (χ4v) is 4.13. The Morgan fingerprint density at radius 3 is 2.23 bits per heavy atom. The largest absolute Gasteiger partial charge is 0.462 e. The second-order valence-electron chi connectivity index (χ2n) is 5.95. The van der Waals surface area contributed by atoms with Crippen LogP contribution < -0.4 is 9.62 Å².